The minimum atomic E-state index is -0.349. The van der Waals surface area contributed by atoms with Crippen LogP contribution < -0.4 is 10.1 Å². The fraction of sp³-hybridized carbons (Fsp3) is 0.278. The monoisotopic (exact) mass is 419 g/mol. The van der Waals surface area contributed by atoms with E-state index in [9.17, 15) is 4.79 Å². The first-order valence-corrected chi connectivity index (χ1v) is 9.08. The third kappa shape index (κ3) is 4.72. The molecule has 26 heavy (non-hydrogen) atoms. The fourth-order valence-electron chi connectivity index (χ4n) is 2.22. The molecule has 0 aliphatic carbocycles. The lowest BCUT2D eigenvalue weighted by molar-refractivity contribution is 0.102. The Labute approximate surface area is 158 Å². The number of nitrogens with zero attached hydrogens (tertiary/aromatic N) is 2. The molecule has 0 aliphatic rings. The predicted octanol–water partition coefficient (Wildman–Crippen LogP) is 4.91. The number of carbonyl (C=O) groups excluding carboxylic acids is 1. The molecule has 7 nitrogen and oxygen atoms in total. The summed E-state index contributed by atoms with van der Waals surface area (Å²) >= 11 is 3.20. The number of unbranched alkanes of at least 4 members (excludes halogenated alkanes) is 2. The van der Waals surface area contributed by atoms with Crippen LogP contribution in [0.2, 0.25) is 0 Å². The van der Waals surface area contributed by atoms with Crippen LogP contribution in [0.1, 0.15) is 36.5 Å². The fourth-order valence-corrected chi connectivity index (χ4v) is 2.52. The van der Waals surface area contributed by atoms with Crippen LogP contribution >= 0.6 is 15.9 Å². The van der Waals surface area contributed by atoms with Crippen molar-refractivity contribution in [2.45, 2.75) is 26.2 Å². The molecule has 0 saturated heterocycles. The Morgan fingerprint density at radius 1 is 1.12 bits per heavy atom. The highest BCUT2D eigenvalue weighted by atomic mass is 79.9. The van der Waals surface area contributed by atoms with Gasteiger partial charge in [-0.2, -0.15) is 0 Å². The lowest BCUT2D eigenvalue weighted by Gasteiger charge is -2.06. The zero-order valence-corrected chi connectivity index (χ0v) is 15.8. The highest BCUT2D eigenvalue weighted by Gasteiger charge is 2.15. The number of rotatable bonds is 8. The number of hydrogen-bond acceptors (Lipinski definition) is 6. The molecule has 0 fully saturated rings. The minimum Gasteiger partial charge on any atom is -0.494 e. The number of furan rings is 1. The Kier molecular flexibility index (Phi) is 6.06. The van der Waals surface area contributed by atoms with Crippen molar-refractivity contribution in [3.63, 3.8) is 0 Å². The Bertz CT molecular complexity index is 857. The molecule has 2 heterocycles. The predicted molar refractivity (Wildman–Crippen MR) is 99.1 cm³/mol. The molecule has 1 N–H and O–H groups in total. The summed E-state index contributed by atoms with van der Waals surface area (Å²) in [7, 11) is 0. The van der Waals surface area contributed by atoms with E-state index in [0.717, 1.165) is 25.0 Å². The summed E-state index contributed by atoms with van der Waals surface area (Å²) in [6.07, 6.45) is 3.31. The number of ether oxygens (including phenoxy) is 1. The maximum Gasteiger partial charge on any atom is 0.322 e. The second-order valence-corrected chi connectivity index (χ2v) is 6.33. The Morgan fingerprint density at radius 3 is 2.62 bits per heavy atom. The van der Waals surface area contributed by atoms with Crippen molar-refractivity contribution in [1.29, 1.82) is 0 Å². The number of nitrogens with one attached hydrogen (secondary N) is 1. The third-order valence-electron chi connectivity index (χ3n) is 3.56. The summed E-state index contributed by atoms with van der Waals surface area (Å²) in [5.74, 6) is 0.982. The lowest BCUT2D eigenvalue weighted by atomic mass is 10.2. The van der Waals surface area contributed by atoms with Gasteiger partial charge in [-0.1, -0.05) is 24.9 Å². The van der Waals surface area contributed by atoms with Gasteiger partial charge in [-0.25, -0.2) is 0 Å². The summed E-state index contributed by atoms with van der Waals surface area (Å²) in [4.78, 5) is 12.3. The van der Waals surface area contributed by atoms with E-state index >= 15 is 0 Å². The van der Waals surface area contributed by atoms with Crippen molar-refractivity contribution < 1.29 is 18.4 Å². The number of anilines is 1. The van der Waals surface area contributed by atoms with Crippen LogP contribution in [0.5, 0.6) is 5.75 Å². The van der Waals surface area contributed by atoms with Gasteiger partial charge < -0.3 is 13.6 Å². The highest BCUT2D eigenvalue weighted by Crippen LogP contribution is 2.25. The summed E-state index contributed by atoms with van der Waals surface area (Å²) in [5.41, 5.74) is 0.464. The average molecular weight is 420 g/mol. The van der Waals surface area contributed by atoms with E-state index in [2.05, 4.69) is 38.4 Å². The molecule has 0 unspecified atom stereocenters. The molecule has 0 radical (unpaired) electrons. The summed E-state index contributed by atoms with van der Waals surface area (Å²) in [6.45, 7) is 2.82. The van der Waals surface area contributed by atoms with Gasteiger partial charge in [-0.05, 0) is 58.7 Å². The van der Waals surface area contributed by atoms with Crippen LogP contribution in [0.3, 0.4) is 0 Å². The number of benzene rings is 1. The molecule has 1 amide bonds. The maximum absolute atomic E-state index is 12.3. The number of hydrogen-bond donors (Lipinski definition) is 1. The van der Waals surface area contributed by atoms with Crippen molar-refractivity contribution in [3.05, 3.63) is 46.6 Å². The van der Waals surface area contributed by atoms with Gasteiger partial charge in [0.25, 0.3) is 11.8 Å². The van der Waals surface area contributed by atoms with Crippen LogP contribution in [0.25, 0.3) is 11.7 Å². The van der Waals surface area contributed by atoms with Gasteiger partial charge in [-0.3, -0.25) is 10.1 Å². The Hall–Kier alpha value is -2.61. The minimum absolute atomic E-state index is 0.00239. The molecule has 0 bridgehead atoms. The van der Waals surface area contributed by atoms with E-state index in [-0.39, 0.29) is 17.8 Å². The number of aromatic nitrogens is 2. The molecule has 3 aromatic rings. The lowest BCUT2D eigenvalue weighted by Crippen LogP contribution is -2.12. The van der Waals surface area contributed by atoms with Gasteiger partial charge in [0.05, 0.1) is 6.61 Å². The largest absolute Gasteiger partial charge is 0.494 e. The first kappa shape index (κ1) is 18.2. The molecule has 0 saturated carbocycles. The van der Waals surface area contributed by atoms with Crippen molar-refractivity contribution in [2.75, 3.05) is 11.9 Å². The maximum atomic E-state index is 12.3. The molecule has 3 rings (SSSR count). The van der Waals surface area contributed by atoms with E-state index < -0.39 is 0 Å². The SMILES string of the molecule is CCCCCOc1ccc(C(=O)Nc2nnc(-c3ccc(Br)o3)o2)cc1. The van der Waals surface area contributed by atoms with Crippen molar-refractivity contribution in [2.24, 2.45) is 0 Å². The molecule has 2 aromatic heterocycles. The molecule has 1 aromatic carbocycles. The molecular formula is C18H18BrN3O4. The quantitative estimate of drug-likeness (QED) is 0.521. The van der Waals surface area contributed by atoms with Crippen molar-refractivity contribution >= 4 is 27.9 Å². The van der Waals surface area contributed by atoms with Crippen molar-refractivity contribution in [1.82, 2.24) is 10.2 Å². The zero-order valence-electron chi connectivity index (χ0n) is 14.2. The molecular weight excluding hydrogens is 402 g/mol. The first-order chi connectivity index (χ1) is 12.7. The van der Waals surface area contributed by atoms with Crippen LogP contribution in [-0.4, -0.2) is 22.7 Å². The van der Waals surface area contributed by atoms with Gasteiger partial charge in [0.1, 0.15) is 5.75 Å². The standard InChI is InChI=1S/C18H18BrN3O4/c1-2-3-4-11-24-13-7-5-12(6-8-13)16(23)20-18-22-21-17(26-18)14-9-10-15(19)25-14/h5-10H,2-4,11H2,1H3,(H,20,22,23). The van der Waals surface area contributed by atoms with Crippen LogP contribution in [0.4, 0.5) is 6.01 Å². The highest BCUT2D eigenvalue weighted by molar-refractivity contribution is 9.10. The second-order valence-electron chi connectivity index (χ2n) is 5.55. The summed E-state index contributed by atoms with van der Waals surface area (Å²) in [5, 5.41) is 10.2. The van der Waals surface area contributed by atoms with E-state index in [1.165, 1.54) is 0 Å². The number of halogens is 1. The van der Waals surface area contributed by atoms with Crippen LogP contribution in [0, 0.1) is 0 Å². The third-order valence-corrected chi connectivity index (χ3v) is 3.99. The zero-order chi connectivity index (χ0) is 18.4. The van der Waals surface area contributed by atoms with Gasteiger partial charge in [-0.15, -0.1) is 5.10 Å². The molecule has 8 heteroatoms. The molecule has 0 spiro atoms. The van der Waals surface area contributed by atoms with Crippen molar-refractivity contribution in [3.8, 4) is 17.4 Å². The second kappa shape index (κ2) is 8.66. The molecule has 0 aliphatic heterocycles. The van der Waals surface area contributed by atoms with Gasteiger partial charge in [0, 0.05) is 5.56 Å². The molecule has 136 valence electrons. The van der Waals surface area contributed by atoms with E-state index in [4.69, 9.17) is 13.6 Å². The number of carbonyl (C=O) groups is 1. The van der Waals surface area contributed by atoms with Gasteiger partial charge >= 0.3 is 6.01 Å². The van der Waals surface area contributed by atoms with Crippen LogP contribution in [0.15, 0.2) is 49.9 Å². The van der Waals surface area contributed by atoms with Gasteiger partial charge in [0.15, 0.2) is 10.4 Å². The normalized spacial score (nSPS) is 10.7. The Balaban J connectivity index is 1.57. The number of amides is 1. The van der Waals surface area contributed by atoms with Gasteiger partial charge in [0.2, 0.25) is 0 Å². The summed E-state index contributed by atoms with van der Waals surface area (Å²) < 4.78 is 16.9. The van der Waals surface area contributed by atoms with E-state index in [0.29, 0.717) is 22.6 Å². The first-order valence-electron chi connectivity index (χ1n) is 8.29. The van der Waals surface area contributed by atoms with E-state index in [1.807, 2.05) is 0 Å². The molecule has 0 atom stereocenters. The average Bonchev–Trinajstić information content (AvgIpc) is 3.28. The van der Waals surface area contributed by atoms with Crippen LogP contribution in [-0.2, 0) is 0 Å². The summed E-state index contributed by atoms with van der Waals surface area (Å²) in [6, 6.07) is 10.3. The Morgan fingerprint density at radius 2 is 1.92 bits per heavy atom. The van der Waals surface area contributed by atoms with E-state index in [1.54, 1.807) is 36.4 Å². The topological polar surface area (TPSA) is 90.4 Å². The smallest absolute Gasteiger partial charge is 0.322 e.